The van der Waals surface area contributed by atoms with Gasteiger partial charge in [-0.2, -0.15) is 0 Å². The highest BCUT2D eigenvalue weighted by Crippen LogP contribution is 2.09. The Hall–Kier alpha value is -2.16. The number of amides is 6. The lowest BCUT2D eigenvalue weighted by Gasteiger charge is -2.29. The molecule has 9 nitrogen and oxygen atoms in total. The summed E-state index contributed by atoms with van der Waals surface area (Å²) in [5, 5.41) is 12.2. The van der Waals surface area contributed by atoms with E-state index in [1.807, 2.05) is 20.8 Å². The molecule has 6 amide bonds. The highest BCUT2D eigenvalue weighted by Gasteiger charge is 2.33. The number of hydrogen-bond donors (Lipinski definition) is 4. The van der Waals surface area contributed by atoms with E-state index in [0.717, 1.165) is 11.3 Å². The van der Waals surface area contributed by atoms with Crippen molar-refractivity contribution >= 4 is 23.9 Å². The van der Waals surface area contributed by atoms with Crippen LogP contribution in [0.2, 0.25) is 0 Å². The van der Waals surface area contributed by atoms with Crippen LogP contribution in [0.1, 0.15) is 61.3 Å². The molecule has 0 unspecified atom stereocenters. The average Bonchev–Trinajstić information content (AvgIpc) is 2.46. The summed E-state index contributed by atoms with van der Waals surface area (Å²) in [6.45, 7) is 9.47. The number of carbonyl (C=O) groups excluding carboxylic acids is 4. The van der Waals surface area contributed by atoms with Gasteiger partial charge in [0.2, 0.25) is 11.8 Å². The van der Waals surface area contributed by atoms with Gasteiger partial charge >= 0.3 is 12.1 Å². The Bertz CT molecular complexity index is 409. The van der Waals surface area contributed by atoms with E-state index >= 15 is 0 Å². The van der Waals surface area contributed by atoms with E-state index in [9.17, 15) is 19.2 Å². The van der Waals surface area contributed by atoms with Crippen molar-refractivity contribution in [3.8, 4) is 0 Å². The van der Waals surface area contributed by atoms with Gasteiger partial charge < -0.3 is 16.2 Å². The molecule has 0 aliphatic carbocycles. The van der Waals surface area contributed by atoms with E-state index in [2.05, 4.69) is 10.6 Å². The highest BCUT2D eigenvalue weighted by atomic mass is 16.2. The average molecular weight is 362 g/mol. The van der Waals surface area contributed by atoms with Gasteiger partial charge in [0.15, 0.2) is 0 Å². The van der Waals surface area contributed by atoms with Gasteiger partial charge in [0.05, 0.1) is 0 Å². The quantitative estimate of drug-likeness (QED) is 0.558. The van der Waals surface area contributed by atoms with Crippen molar-refractivity contribution in [3.63, 3.8) is 0 Å². The minimum Gasteiger partial charge on any atom is -0.397 e. The van der Waals surface area contributed by atoms with Crippen molar-refractivity contribution in [1.29, 1.82) is 0 Å². The number of aliphatic hydroxyl groups is 1. The molecular weight excluding hydrogens is 328 g/mol. The summed E-state index contributed by atoms with van der Waals surface area (Å²) < 4.78 is 0. The molecule has 1 saturated heterocycles. The van der Waals surface area contributed by atoms with Crippen LogP contribution < -0.4 is 16.4 Å². The molecule has 0 aromatic rings. The van der Waals surface area contributed by atoms with Gasteiger partial charge in [0.1, 0.15) is 6.42 Å². The van der Waals surface area contributed by atoms with Crippen molar-refractivity contribution in [3.05, 3.63) is 0 Å². The van der Waals surface area contributed by atoms with Gasteiger partial charge in [-0.05, 0) is 33.6 Å². The Morgan fingerprint density at radius 2 is 1.72 bits per heavy atom. The minimum absolute atomic E-state index is 0. The first-order chi connectivity index (χ1) is 11.1. The molecule has 1 heterocycles. The van der Waals surface area contributed by atoms with E-state index < -0.39 is 23.9 Å². The molecule has 148 valence electrons. The van der Waals surface area contributed by atoms with Gasteiger partial charge in [-0.3, -0.25) is 19.8 Å². The molecule has 0 spiro atoms. The molecule has 9 heteroatoms. The smallest absolute Gasteiger partial charge is 0.331 e. The summed E-state index contributed by atoms with van der Waals surface area (Å²) in [5.41, 5.74) is 4.82. The van der Waals surface area contributed by atoms with Crippen LogP contribution in [0.25, 0.3) is 0 Å². The predicted molar refractivity (Wildman–Crippen MR) is 96.7 cm³/mol. The highest BCUT2D eigenvalue weighted by molar-refractivity contribution is 6.14. The van der Waals surface area contributed by atoms with E-state index in [4.69, 9.17) is 10.8 Å². The summed E-state index contributed by atoms with van der Waals surface area (Å²) in [6.07, 6.45) is 1.38. The van der Waals surface area contributed by atoms with Gasteiger partial charge in [-0.15, -0.1) is 0 Å². The molecule has 0 aromatic heterocycles. The normalized spacial score (nSPS) is 15.3. The number of primary amides is 1. The van der Waals surface area contributed by atoms with Crippen LogP contribution in [-0.2, 0) is 9.59 Å². The lowest BCUT2D eigenvalue weighted by Crippen LogP contribution is -2.55. The Morgan fingerprint density at radius 3 is 2.00 bits per heavy atom. The van der Waals surface area contributed by atoms with Crippen LogP contribution in [0.4, 0.5) is 9.59 Å². The first-order valence-electron chi connectivity index (χ1n) is 7.97. The van der Waals surface area contributed by atoms with Crippen molar-refractivity contribution in [2.75, 3.05) is 6.61 Å². The summed E-state index contributed by atoms with van der Waals surface area (Å²) in [5.74, 6) is -0.933. The molecular formula is C16H34N4O5. The number of nitrogens with one attached hydrogen (secondary N) is 2. The number of aliphatic hydroxyl groups excluding tert-OH is 1. The Morgan fingerprint density at radius 1 is 1.24 bits per heavy atom. The largest absolute Gasteiger partial charge is 0.397 e. The summed E-state index contributed by atoms with van der Waals surface area (Å²) in [7, 11) is 0. The van der Waals surface area contributed by atoms with E-state index in [1.165, 1.54) is 0 Å². The fourth-order valence-corrected chi connectivity index (χ4v) is 1.53. The zero-order chi connectivity index (χ0) is 19.3. The first kappa shape index (κ1) is 27.7. The molecule has 0 aromatic carbocycles. The molecule has 0 bridgehead atoms. The van der Waals surface area contributed by atoms with Crippen LogP contribution in [-0.4, -0.2) is 52.6 Å². The second kappa shape index (κ2) is 15.4. The van der Waals surface area contributed by atoms with E-state index in [-0.39, 0.29) is 32.5 Å². The van der Waals surface area contributed by atoms with Crippen LogP contribution in [0, 0.1) is 0 Å². The Balaban J connectivity index is -0.000000349. The molecule has 0 radical (unpaired) electrons. The van der Waals surface area contributed by atoms with E-state index in [1.54, 1.807) is 13.8 Å². The number of nitrogens with two attached hydrogens (primary N) is 1. The van der Waals surface area contributed by atoms with Gasteiger partial charge in [-0.1, -0.05) is 21.3 Å². The molecule has 2 atom stereocenters. The third-order valence-electron chi connectivity index (χ3n) is 3.08. The maximum Gasteiger partial charge on any atom is 0.331 e. The summed E-state index contributed by atoms with van der Waals surface area (Å²) in [6, 6.07) is -0.997. The third-order valence-corrected chi connectivity index (χ3v) is 3.08. The van der Waals surface area contributed by atoms with Crippen molar-refractivity contribution < 1.29 is 24.3 Å². The minimum atomic E-state index is -0.601. The molecule has 1 aliphatic heterocycles. The fraction of sp³-hybridized carbons (Fsp3) is 0.750. The molecule has 0 saturated carbocycles. The van der Waals surface area contributed by atoms with Gasteiger partial charge in [0, 0.05) is 18.7 Å². The Kier molecular flexibility index (Phi) is 17.0. The standard InChI is InChI=1S/C8H12N2O3.C5H12N2O.C2H6O.CH4/c1-3-5(2)10-7(12)4-6(11)9-8(10)13;1-3-4(2)7-5(6)8;1-2-3;/h5H,3-4H2,1-2H3,(H,9,11,13);4H,3H2,1-2H3,(H3,6,7,8);3H,2H2,1H3;1H4/t5-;4-;;/m11../s1. The molecule has 1 aliphatic rings. The second-order valence-electron chi connectivity index (χ2n) is 5.19. The number of imide groups is 2. The van der Waals surface area contributed by atoms with Crippen LogP contribution in [0.3, 0.4) is 0 Å². The van der Waals surface area contributed by atoms with Crippen LogP contribution in [0.15, 0.2) is 0 Å². The predicted octanol–water partition coefficient (Wildman–Crippen LogP) is 1.34. The van der Waals surface area contributed by atoms with Crippen LogP contribution >= 0.6 is 0 Å². The maximum absolute atomic E-state index is 11.3. The molecule has 5 N–H and O–H groups in total. The molecule has 1 fully saturated rings. The molecule has 1 rings (SSSR count). The lowest BCUT2D eigenvalue weighted by atomic mass is 10.2. The Labute approximate surface area is 150 Å². The topological polar surface area (TPSA) is 142 Å². The lowest BCUT2D eigenvalue weighted by molar-refractivity contribution is -0.137. The van der Waals surface area contributed by atoms with Crippen LogP contribution in [0.5, 0.6) is 0 Å². The van der Waals surface area contributed by atoms with E-state index in [0.29, 0.717) is 6.42 Å². The number of nitrogens with zero attached hydrogens (tertiary/aromatic N) is 1. The van der Waals surface area contributed by atoms with Gasteiger partial charge in [-0.25, -0.2) is 9.59 Å². The number of urea groups is 2. The first-order valence-corrected chi connectivity index (χ1v) is 7.97. The zero-order valence-corrected chi connectivity index (χ0v) is 15.1. The number of hydrogen-bond acceptors (Lipinski definition) is 5. The summed E-state index contributed by atoms with van der Waals surface area (Å²) in [4.78, 5) is 44.4. The third kappa shape index (κ3) is 12.9. The van der Waals surface area contributed by atoms with Crippen molar-refractivity contribution in [2.45, 2.75) is 73.4 Å². The fourth-order valence-electron chi connectivity index (χ4n) is 1.53. The molecule has 25 heavy (non-hydrogen) atoms. The SMILES string of the molecule is C.CCO.CC[C@@H](C)N1C(=O)CC(=O)NC1=O.CC[C@@H](C)NC(N)=O. The van der Waals surface area contributed by atoms with Gasteiger partial charge in [0.25, 0.3) is 0 Å². The van der Waals surface area contributed by atoms with Crippen molar-refractivity contribution in [1.82, 2.24) is 15.5 Å². The zero-order valence-electron chi connectivity index (χ0n) is 15.1. The van der Waals surface area contributed by atoms with Crippen molar-refractivity contribution in [2.24, 2.45) is 5.73 Å². The summed E-state index contributed by atoms with van der Waals surface area (Å²) >= 11 is 0. The monoisotopic (exact) mass is 362 g/mol. The number of rotatable bonds is 4. The maximum atomic E-state index is 11.3. The number of barbiturate groups is 1. The number of carbonyl (C=O) groups is 4. The second-order valence-corrected chi connectivity index (χ2v) is 5.19.